The lowest BCUT2D eigenvalue weighted by Crippen LogP contribution is -2.41. The quantitative estimate of drug-likeness (QED) is 0.220. The Kier molecular flexibility index (Phi) is 7.80. The van der Waals surface area contributed by atoms with Gasteiger partial charge in [0.2, 0.25) is 0 Å². The largest absolute Gasteiger partial charge is 0.268 e. The maximum Gasteiger partial charge on any atom is 0.266 e. The molecule has 0 saturated carbocycles. The average molecular weight is 889 g/mol. The van der Waals surface area contributed by atoms with Crippen LogP contribution in [0.25, 0.3) is 0 Å². The van der Waals surface area contributed by atoms with Gasteiger partial charge in [-0.15, -0.1) is 0 Å². The second kappa shape index (κ2) is 13.8. The lowest BCUT2D eigenvalue weighted by atomic mass is 10.1. The molecule has 0 N–H and O–H groups in total. The van der Waals surface area contributed by atoms with E-state index in [9.17, 15) is 28.8 Å². The van der Waals surface area contributed by atoms with Gasteiger partial charge in [-0.25, -0.2) is 39.6 Å². The number of carbonyl (C=O) groups is 8. The molecule has 68 heavy (non-hydrogen) atoms. The Morgan fingerprint density at radius 3 is 1.09 bits per heavy atom. The molecule has 4 aromatic carbocycles. The van der Waals surface area contributed by atoms with Gasteiger partial charge in [-0.3, -0.25) is 38.4 Å². The zero-order valence-corrected chi connectivity index (χ0v) is 34.7. The summed E-state index contributed by atoms with van der Waals surface area (Å²) < 4.78 is 0. The fraction of sp³-hybridized carbons (Fsp3) is 0. The first-order chi connectivity index (χ1) is 33.0. The summed E-state index contributed by atoms with van der Waals surface area (Å²) in [6, 6.07) is 24.2. The van der Waals surface area contributed by atoms with Crippen LogP contribution in [0.3, 0.4) is 0 Å². The van der Waals surface area contributed by atoms with E-state index >= 15 is 9.59 Å². The minimum absolute atomic E-state index is 0.0120. The fourth-order valence-corrected chi connectivity index (χ4v) is 9.47. The van der Waals surface area contributed by atoms with E-state index in [0.717, 1.165) is 19.6 Å². The van der Waals surface area contributed by atoms with Crippen LogP contribution in [0, 0.1) is 0 Å². The number of carbonyl (C=O) groups excluding carboxylic acids is 8. The van der Waals surface area contributed by atoms with E-state index in [-0.39, 0.29) is 78.7 Å². The van der Waals surface area contributed by atoms with E-state index < -0.39 is 64.3 Å². The van der Waals surface area contributed by atoms with E-state index in [2.05, 4.69) is 0 Å². The molecule has 0 fully saturated rings. The molecular formula is C52H24N8O8. The zero-order valence-electron chi connectivity index (χ0n) is 34.7. The molecule has 9 heterocycles. The topological polar surface area (TPSA) is 199 Å². The highest BCUT2D eigenvalue weighted by Gasteiger charge is 2.52. The molecule has 0 saturated heterocycles. The Balaban J connectivity index is 1.17. The molecule has 8 bridgehead atoms. The van der Waals surface area contributed by atoms with E-state index in [1.807, 2.05) is 0 Å². The van der Waals surface area contributed by atoms with E-state index in [1.54, 1.807) is 85.0 Å². The Morgan fingerprint density at radius 2 is 0.662 bits per heavy atom. The Labute approximate surface area is 382 Å². The van der Waals surface area contributed by atoms with Crippen LogP contribution >= 0.6 is 0 Å². The predicted molar refractivity (Wildman–Crippen MR) is 242 cm³/mol. The van der Waals surface area contributed by atoms with Crippen molar-refractivity contribution in [3.05, 3.63) is 236 Å². The van der Waals surface area contributed by atoms with Crippen molar-refractivity contribution in [3.63, 3.8) is 0 Å². The van der Waals surface area contributed by atoms with Gasteiger partial charge in [0, 0.05) is 0 Å². The molecule has 8 amide bonds. The third-order valence-corrected chi connectivity index (χ3v) is 12.5. The van der Waals surface area contributed by atoms with Crippen molar-refractivity contribution < 1.29 is 38.4 Å². The molecule has 0 radical (unpaired) electrons. The van der Waals surface area contributed by atoms with E-state index in [4.69, 9.17) is 20.0 Å². The molecule has 0 atom stereocenters. The molecule has 0 spiro atoms. The summed E-state index contributed by atoms with van der Waals surface area (Å²) in [6.07, 6.45) is 12.9. The molecule has 13 rings (SSSR count). The van der Waals surface area contributed by atoms with Gasteiger partial charge in [0.15, 0.2) is 0 Å². The second-order valence-electron chi connectivity index (χ2n) is 16.3. The summed E-state index contributed by atoms with van der Waals surface area (Å²) in [5, 5.41) is 0. The maximum atomic E-state index is 15.0. The number of allylic oxidation sites excluding steroid dienone is 8. The van der Waals surface area contributed by atoms with Crippen LogP contribution in [0.1, 0.15) is 82.9 Å². The van der Waals surface area contributed by atoms with Gasteiger partial charge in [-0.05, 0) is 97.1 Å². The highest BCUT2D eigenvalue weighted by atomic mass is 16.2. The molecule has 16 nitrogen and oxygen atoms in total. The zero-order chi connectivity index (χ0) is 46.3. The Morgan fingerprint density at radius 1 is 0.309 bits per heavy atom. The minimum Gasteiger partial charge on any atom is -0.268 e. The maximum absolute atomic E-state index is 15.0. The molecule has 9 aliphatic heterocycles. The number of rotatable bonds is 4. The van der Waals surface area contributed by atoms with Crippen LogP contribution in [0.2, 0.25) is 0 Å². The lowest BCUT2D eigenvalue weighted by Gasteiger charge is -2.27. The minimum atomic E-state index is -0.888. The standard InChI is InChI=1S/C52H24N8O8/c61-45-30-9-1-2-10-31(30)46(62)57(45)39-24-29-22-27-18-17-25(53-27)21-26-19-20-28(54-26)23-38-42(58-47(63)32-11-3-4-12-33(32)48(58)64)44(60-51(67)36-15-7-8-16-37(36)52(60)68)41(56-38)43(40(39)55-29)59-49(65)34-13-5-6-14-35(34)50(59)66/h1-24H. The molecule has 16 heteroatoms. The number of nitrogens with zero attached hydrogens (tertiary/aromatic N) is 8. The third-order valence-electron chi connectivity index (χ3n) is 12.5. The molecule has 0 aliphatic carbocycles. The molecule has 0 aromatic heterocycles. The number of amides is 8. The van der Waals surface area contributed by atoms with Crippen LogP contribution in [0.15, 0.2) is 211 Å². The van der Waals surface area contributed by atoms with Gasteiger partial charge in [0.05, 0.1) is 84.4 Å². The summed E-state index contributed by atoms with van der Waals surface area (Å²) in [5.74, 6) is -6.72. The van der Waals surface area contributed by atoms with Crippen LogP contribution in [-0.2, 0) is 0 Å². The fourth-order valence-electron chi connectivity index (χ4n) is 9.47. The van der Waals surface area contributed by atoms with E-state index in [0.29, 0.717) is 17.1 Å². The molecule has 0 unspecified atom stereocenters. The van der Waals surface area contributed by atoms with Crippen molar-refractivity contribution in [3.8, 4) is 0 Å². The second-order valence-corrected chi connectivity index (χ2v) is 16.3. The predicted octanol–water partition coefficient (Wildman–Crippen LogP) is 6.07. The van der Waals surface area contributed by atoms with Gasteiger partial charge < -0.3 is 0 Å². The monoisotopic (exact) mass is 888 g/mol. The first-order valence-electron chi connectivity index (χ1n) is 21.0. The Hall–Kier alpha value is -9.96. The average Bonchev–Trinajstić information content (AvgIpc) is 4.25. The van der Waals surface area contributed by atoms with E-state index in [1.165, 1.54) is 60.7 Å². The number of hydrogen-bond donors (Lipinski definition) is 0. The normalized spacial score (nSPS) is 19.8. The number of benzene rings is 4. The van der Waals surface area contributed by atoms with Gasteiger partial charge in [-0.2, -0.15) is 0 Å². The summed E-state index contributed by atoms with van der Waals surface area (Å²) in [6.45, 7) is 0. The van der Waals surface area contributed by atoms with Crippen molar-refractivity contribution in [2.24, 2.45) is 20.0 Å². The SMILES string of the molecule is O=C1c2ccccc2C(=O)N1C1=CC2=CC3=NC(=CC4=NC(=CC5=NC(=C(N6C(=O)c7ccccc7C6=O)C1=N2)C(N1C(=O)c2ccccc2C1=O)=C5N1C(=O)c2ccccc2C1=O)C=C4)C=C3. The van der Waals surface area contributed by atoms with Gasteiger partial charge >= 0.3 is 0 Å². The van der Waals surface area contributed by atoms with Gasteiger partial charge in [-0.1, -0.05) is 48.5 Å². The summed E-state index contributed by atoms with van der Waals surface area (Å²) in [5.41, 5.74) is -0.771. The number of hydrogen-bond acceptors (Lipinski definition) is 12. The molecular weight excluding hydrogens is 865 g/mol. The summed E-state index contributed by atoms with van der Waals surface area (Å²) >= 11 is 0. The first-order valence-corrected chi connectivity index (χ1v) is 21.0. The summed E-state index contributed by atoms with van der Waals surface area (Å²) in [4.78, 5) is 141. The van der Waals surface area contributed by atoms with Crippen molar-refractivity contribution in [2.75, 3.05) is 0 Å². The van der Waals surface area contributed by atoms with Gasteiger partial charge in [0.1, 0.15) is 28.5 Å². The third kappa shape index (κ3) is 5.24. The van der Waals surface area contributed by atoms with Gasteiger partial charge in [0.25, 0.3) is 47.3 Å². The van der Waals surface area contributed by atoms with Crippen molar-refractivity contribution in [2.45, 2.75) is 0 Å². The molecule has 320 valence electrons. The number of fused-ring (bicyclic) bond motifs is 8. The van der Waals surface area contributed by atoms with Crippen molar-refractivity contribution >= 4 is 70.1 Å². The van der Waals surface area contributed by atoms with Crippen LogP contribution < -0.4 is 0 Å². The van der Waals surface area contributed by atoms with Crippen molar-refractivity contribution in [1.29, 1.82) is 0 Å². The smallest absolute Gasteiger partial charge is 0.266 e. The number of aliphatic imine (C=N–C) groups is 4. The number of imide groups is 4. The summed E-state index contributed by atoms with van der Waals surface area (Å²) in [7, 11) is 0. The highest BCUT2D eigenvalue weighted by Crippen LogP contribution is 2.45. The van der Waals surface area contributed by atoms with Crippen molar-refractivity contribution in [1.82, 2.24) is 19.6 Å². The molecule has 9 aliphatic rings. The first kappa shape index (κ1) is 38.5. The Bertz CT molecular complexity index is 3610. The highest BCUT2D eigenvalue weighted by molar-refractivity contribution is 6.34. The lowest BCUT2D eigenvalue weighted by molar-refractivity contribution is 0.0661. The molecule has 4 aromatic rings. The van der Waals surface area contributed by atoms with Crippen LogP contribution in [0.5, 0.6) is 0 Å². The van der Waals surface area contributed by atoms with Crippen LogP contribution in [0.4, 0.5) is 0 Å². The van der Waals surface area contributed by atoms with Crippen LogP contribution in [-0.4, -0.2) is 89.7 Å².